The topological polar surface area (TPSA) is 71.1 Å². The van der Waals surface area contributed by atoms with E-state index < -0.39 is 12.1 Å². The number of nitrogens with zero attached hydrogens (tertiary/aromatic N) is 1. The largest absolute Gasteiger partial charge is 0.322 e. The van der Waals surface area contributed by atoms with Crippen molar-refractivity contribution >= 4 is 11.9 Å². The summed E-state index contributed by atoms with van der Waals surface area (Å²) < 4.78 is 0. The van der Waals surface area contributed by atoms with E-state index in [1.54, 1.807) is 6.20 Å². The minimum absolute atomic E-state index is 0.317. The van der Waals surface area contributed by atoms with Gasteiger partial charge in [0.15, 0.2) is 0 Å². The quantitative estimate of drug-likeness (QED) is 0.817. The lowest BCUT2D eigenvalue weighted by molar-refractivity contribution is -0.120. The number of aryl methyl sites for hydroxylation is 1. The molecule has 1 aliphatic rings. The lowest BCUT2D eigenvalue weighted by Gasteiger charge is -2.09. The molecule has 2 N–H and O–H groups in total. The maximum atomic E-state index is 11.6. The first-order chi connectivity index (χ1) is 9.63. The molecule has 0 saturated carbocycles. The summed E-state index contributed by atoms with van der Waals surface area (Å²) in [5.74, 6) is -0.317. The van der Waals surface area contributed by atoms with Crippen LogP contribution in [0.4, 0.5) is 4.79 Å². The highest BCUT2D eigenvalue weighted by molar-refractivity contribution is 6.04. The van der Waals surface area contributed by atoms with Crippen LogP contribution < -0.4 is 10.6 Å². The van der Waals surface area contributed by atoms with Crippen molar-refractivity contribution in [2.75, 3.05) is 0 Å². The summed E-state index contributed by atoms with van der Waals surface area (Å²) in [5, 5.41) is 4.80. The number of hydrogen-bond acceptors (Lipinski definition) is 3. The second-order valence-corrected chi connectivity index (χ2v) is 4.70. The molecule has 5 heteroatoms. The van der Waals surface area contributed by atoms with Gasteiger partial charge in [-0.05, 0) is 35.7 Å². The molecule has 0 bridgehead atoms. The molecule has 0 aliphatic carbocycles. The van der Waals surface area contributed by atoms with Gasteiger partial charge in [0.2, 0.25) is 0 Å². The maximum absolute atomic E-state index is 11.6. The Morgan fingerprint density at radius 3 is 2.40 bits per heavy atom. The van der Waals surface area contributed by atoms with Gasteiger partial charge < -0.3 is 5.32 Å². The van der Waals surface area contributed by atoms with Crippen LogP contribution in [0.25, 0.3) is 11.1 Å². The van der Waals surface area contributed by atoms with Crippen molar-refractivity contribution in [2.24, 2.45) is 0 Å². The van der Waals surface area contributed by atoms with E-state index in [-0.39, 0.29) is 5.91 Å². The van der Waals surface area contributed by atoms with Crippen LogP contribution >= 0.6 is 0 Å². The minimum atomic E-state index is -0.601. The van der Waals surface area contributed by atoms with Crippen LogP contribution in [-0.4, -0.2) is 16.9 Å². The Kier molecular flexibility index (Phi) is 2.95. The van der Waals surface area contributed by atoms with Gasteiger partial charge in [-0.15, -0.1) is 0 Å². The van der Waals surface area contributed by atoms with E-state index in [9.17, 15) is 9.59 Å². The average Bonchev–Trinajstić information content (AvgIpc) is 2.78. The highest BCUT2D eigenvalue weighted by atomic mass is 16.2. The Morgan fingerprint density at radius 1 is 1.05 bits per heavy atom. The predicted octanol–water partition coefficient (Wildman–Crippen LogP) is 1.94. The number of carbonyl (C=O) groups is 2. The van der Waals surface area contributed by atoms with Gasteiger partial charge in [0, 0.05) is 11.9 Å². The predicted molar refractivity (Wildman–Crippen MR) is 73.8 cm³/mol. The van der Waals surface area contributed by atoms with Crippen LogP contribution in [0.2, 0.25) is 0 Å². The summed E-state index contributed by atoms with van der Waals surface area (Å²) in [6, 6.07) is 10.4. The maximum Gasteiger partial charge on any atom is 0.322 e. The molecule has 100 valence electrons. The number of amides is 3. The molecule has 3 amide bonds. The third kappa shape index (κ3) is 2.25. The third-order valence-corrected chi connectivity index (χ3v) is 3.25. The van der Waals surface area contributed by atoms with E-state index in [0.717, 1.165) is 22.4 Å². The number of rotatable bonds is 2. The van der Waals surface area contributed by atoms with Crippen molar-refractivity contribution in [1.82, 2.24) is 15.6 Å². The smallest absolute Gasteiger partial charge is 0.322 e. The fourth-order valence-electron chi connectivity index (χ4n) is 2.24. The molecular weight excluding hydrogens is 254 g/mol. The zero-order chi connectivity index (χ0) is 14.1. The van der Waals surface area contributed by atoms with E-state index >= 15 is 0 Å². The van der Waals surface area contributed by atoms with Gasteiger partial charge in [-0.1, -0.05) is 24.3 Å². The molecule has 20 heavy (non-hydrogen) atoms. The highest BCUT2D eigenvalue weighted by Crippen LogP contribution is 2.23. The number of imide groups is 1. The second kappa shape index (κ2) is 4.77. The highest BCUT2D eigenvalue weighted by Gasteiger charge is 2.30. The fourth-order valence-corrected chi connectivity index (χ4v) is 2.24. The van der Waals surface area contributed by atoms with Gasteiger partial charge in [-0.3, -0.25) is 15.1 Å². The summed E-state index contributed by atoms with van der Waals surface area (Å²) in [5.41, 5.74) is 3.84. The molecule has 1 fully saturated rings. The molecule has 1 atom stereocenters. The van der Waals surface area contributed by atoms with E-state index in [2.05, 4.69) is 15.6 Å². The van der Waals surface area contributed by atoms with Crippen molar-refractivity contribution < 1.29 is 9.59 Å². The summed E-state index contributed by atoms with van der Waals surface area (Å²) in [7, 11) is 0. The molecule has 5 nitrogen and oxygen atoms in total. The Bertz CT molecular complexity index is 680. The second-order valence-electron chi connectivity index (χ2n) is 4.70. The molecule has 1 aromatic carbocycles. The van der Waals surface area contributed by atoms with Crippen LogP contribution in [0.3, 0.4) is 0 Å². The SMILES string of the molecule is Cc1cc(-c2ccc(C3NC(=O)NC3=O)cc2)ccn1. The minimum Gasteiger partial charge on any atom is -0.322 e. The zero-order valence-corrected chi connectivity index (χ0v) is 10.9. The fraction of sp³-hybridized carbons (Fsp3) is 0.133. The number of benzene rings is 1. The van der Waals surface area contributed by atoms with Gasteiger partial charge in [0.05, 0.1) is 0 Å². The molecule has 1 aliphatic heterocycles. The molecule has 1 unspecified atom stereocenters. The van der Waals surface area contributed by atoms with Crippen molar-refractivity contribution in [3.8, 4) is 11.1 Å². The van der Waals surface area contributed by atoms with E-state index in [1.807, 2.05) is 43.3 Å². The molecular formula is C15H13N3O2. The van der Waals surface area contributed by atoms with Crippen LogP contribution in [0.5, 0.6) is 0 Å². The molecule has 0 spiro atoms. The van der Waals surface area contributed by atoms with Gasteiger partial charge in [-0.25, -0.2) is 4.79 Å². The first kappa shape index (κ1) is 12.3. The lowest BCUT2D eigenvalue weighted by atomic mass is 10.0. The normalized spacial score (nSPS) is 17.8. The molecule has 0 radical (unpaired) electrons. The lowest BCUT2D eigenvalue weighted by Crippen LogP contribution is -2.22. The van der Waals surface area contributed by atoms with E-state index in [4.69, 9.17) is 0 Å². The van der Waals surface area contributed by atoms with Gasteiger partial charge in [-0.2, -0.15) is 0 Å². The van der Waals surface area contributed by atoms with Crippen molar-refractivity contribution in [3.63, 3.8) is 0 Å². The summed E-state index contributed by atoms with van der Waals surface area (Å²) in [6.07, 6.45) is 1.77. The Labute approximate surface area is 116 Å². The zero-order valence-electron chi connectivity index (χ0n) is 10.9. The van der Waals surface area contributed by atoms with Crippen LogP contribution in [0, 0.1) is 6.92 Å². The summed E-state index contributed by atoms with van der Waals surface area (Å²) >= 11 is 0. The first-order valence-corrected chi connectivity index (χ1v) is 6.28. The standard InChI is InChI=1S/C15H13N3O2/c1-9-8-12(6-7-16-9)10-2-4-11(5-3-10)13-14(19)18-15(20)17-13/h2-8,13H,1H3,(H2,17,18,19,20). The average molecular weight is 267 g/mol. The van der Waals surface area contributed by atoms with E-state index in [0.29, 0.717) is 0 Å². The van der Waals surface area contributed by atoms with Gasteiger partial charge >= 0.3 is 6.03 Å². The molecule has 1 aromatic heterocycles. The molecule has 3 rings (SSSR count). The summed E-state index contributed by atoms with van der Waals surface area (Å²) in [6.45, 7) is 1.94. The number of nitrogens with one attached hydrogen (secondary N) is 2. The molecule has 1 saturated heterocycles. The summed E-state index contributed by atoms with van der Waals surface area (Å²) in [4.78, 5) is 26.9. The molecule has 2 aromatic rings. The monoisotopic (exact) mass is 267 g/mol. The third-order valence-electron chi connectivity index (χ3n) is 3.25. The first-order valence-electron chi connectivity index (χ1n) is 6.28. The number of hydrogen-bond donors (Lipinski definition) is 2. The van der Waals surface area contributed by atoms with Crippen molar-refractivity contribution in [1.29, 1.82) is 0 Å². The Hall–Kier alpha value is -2.69. The van der Waals surface area contributed by atoms with Crippen molar-refractivity contribution in [2.45, 2.75) is 13.0 Å². The number of pyridine rings is 1. The van der Waals surface area contributed by atoms with Gasteiger partial charge in [0.1, 0.15) is 6.04 Å². The van der Waals surface area contributed by atoms with Crippen LogP contribution in [0.15, 0.2) is 42.6 Å². The number of urea groups is 1. The van der Waals surface area contributed by atoms with Gasteiger partial charge in [0.25, 0.3) is 5.91 Å². The van der Waals surface area contributed by atoms with Crippen LogP contribution in [0.1, 0.15) is 17.3 Å². The number of aromatic nitrogens is 1. The van der Waals surface area contributed by atoms with Crippen molar-refractivity contribution in [3.05, 3.63) is 53.9 Å². The van der Waals surface area contributed by atoms with E-state index in [1.165, 1.54) is 0 Å². The Balaban J connectivity index is 1.88. The van der Waals surface area contributed by atoms with Crippen LogP contribution in [-0.2, 0) is 4.79 Å². The molecule has 2 heterocycles. The Morgan fingerprint density at radius 2 is 1.80 bits per heavy atom. The number of carbonyl (C=O) groups excluding carboxylic acids is 2.